The van der Waals surface area contributed by atoms with E-state index in [1.807, 2.05) is 6.92 Å². The first-order valence-electron chi connectivity index (χ1n) is 7.54. The standard InChI is InChI=1S/C18H18F2O4/c1-2-23-14-5-3-4-13(8-14)11-24-18-15(19)9-12(10-16(18)20)6-7-17(21)22/h3-5,8-10H,2,6-7,11H2,1H3,(H,21,22). The lowest BCUT2D eigenvalue weighted by Gasteiger charge is -2.11. The average Bonchev–Trinajstić information content (AvgIpc) is 2.53. The Bertz CT molecular complexity index is 693. The summed E-state index contributed by atoms with van der Waals surface area (Å²) in [6.07, 6.45) is -0.136. The number of carboxylic acids is 1. The third-order valence-electron chi connectivity index (χ3n) is 3.28. The maximum Gasteiger partial charge on any atom is 0.303 e. The van der Waals surface area contributed by atoms with Crippen molar-refractivity contribution in [3.63, 3.8) is 0 Å². The van der Waals surface area contributed by atoms with Gasteiger partial charge in [0.2, 0.25) is 0 Å². The highest BCUT2D eigenvalue weighted by Gasteiger charge is 2.14. The molecule has 0 spiro atoms. The molecule has 4 nitrogen and oxygen atoms in total. The minimum absolute atomic E-state index is 0.0107. The van der Waals surface area contributed by atoms with E-state index in [1.54, 1.807) is 24.3 Å². The summed E-state index contributed by atoms with van der Waals surface area (Å²) < 4.78 is 38.6. The molecule has 0 bridgehead atoms. The number of carbonyl (C=O) groups is 1. The molecule has 0 aliphatic heterocycles. The number of ether oxygens (including phenoxy) is 2. The van der Waals surface area contributed by atoms with E-state index in [0.717, 1.165) is 17.7 Å². The van der Waals surface area contributed by atoms with Gasteiger partial charge in [0.25, 0.3) is 0 Å². The molecule has 2 rings (SSSR count). The quantitative estimate of drug-likeness (QED) is 0.793. The molecule has 0 saturated heterocycles. The van der Waals surface area contributed by atoms with Gasteiger partial charge in [0, 0.05) is 6.42 Å². The molecule has 2 aromatic carbocycles. The molecule has 0 radical (unpaired) electrons. The number of rotatable bonds is 8. The van der Waals surface area contributed by atoms with Crippen LogP contribution in [0.1, 0.15) is 24.5 Å². The van der Waals surface area contributed by atoms with Crippen molar-refractivity contribution in [3.05, 3.63) is 59.2 Å². The van der Waals surface area contributed by atoms with E-state index in [-0.39, 0.29) is 25.0 Å². The highest BCUT2D eigenvalue weighted by Crippen LogP contribution is 2.25. The van der Waals surface area contributed by atoms with Crippen LogP contribution in [-0.4, -0.2) is 17.7 Å². The Kier molecular flexibility index (Phi) is 6.12. The van der Waals surface area contributed by atoms with Gasteiger partial charge in [0.1, 0.15) is 12.4 Å². The molecular weight excluding hydrogens is 318 g/mol. The third kappa shape index (κ3) is 4.94. The molecule has 6 heteroatoms. The summed E-state index contributed by atoms with van der Waals surface area (Å²) >= 11 is 0. The van der Waals surface area contributed by atoms with Gasteiger partial charge in [-0.1, -0.05) is 12.1 Å². The van der Waals surface area contributed by atoms with E-state index in [2.05, 4.69) is 0 Å². The number of carboxylic acid groups (broad SMARTS) is 1. The van der Waals surface area contributed by atoms with Gasteiger partial charge in [-0.3, -0.25) is 4.79 Å². The molecule has 0 saturated carbocycles. The van der Waals surface area contributed by atoms with Crippen molar-refractivity contribution < 1.29 is 28.2 Å². The zero-order valence-corrected chi connectivity index (χ0v) is 13.2. The largest absolute Gasteiger partial charge is 0.494 e. The maximum absolute atomic E-state index is 14.0. The monoisotopic (exact) mass is 336 g/mol. The molecule has 0 atom stereocenters. The van der Waals surface area contributed by atoms with Gasteiger partial charge < -0.3 is 14.6 Å². The van der Waals surface area contributed by atoms with E-state index < -0.39 is 23.4 Å². The number of benzene rings is 2. The van der Waals surface area contributed by atoms with Crippen LogP contribution >= 0.6 is 0 Å². The smallest absolute Gasteiger partial charge is 0.303 e. The van der Waals surface area contributed by atoms with Gasteiger partial charge in [-0.15, -0.1) is 0 Å². The fraction of sp³-hybridized carbons (Fsp3) is 0.278. The first kappa shape index (κ1) is 17.7. The second kappa shape index (κ2) is 8.29. The van der Waals surface area contributed by atoms with Crippen LogP contribution in [0.5, 0.6) is 11.5 Å². The Labute approximate surface area is 138 Å². The first-order chi connectivity index (χ1) is 11.5. The van der Waals surface area contributed by atoms with Gasteiger partial charge in [-0.05, 0) is 48.7 Å². The number of aliphatic carboxylic acids is 1. The Hall–Kier alpha value is -2.63. The predicted octanol–water partition coefficient (Wildman–Crippen LogP) is 3.96. The van der Waals surface area contributed by atoms with Gasteiger partial charge >= 0.3 is 5.97 Å². The van der Waals surface area contributed by atoms with E-state index in [1.165, 1.54) is 0 Å². The fourth-order valence-electron chi connectivity index (χ4n) is 2.19. The fourth-order valence-corrected chi connectivity index (χ4v) is 2.19. The summed E-state index contributed by atoms with van der Waals surface area (Å²) in [4.78, 5) is 10.5. The molecule has 128 valence electrons. The molecule has 2 aromatic rings. The average molecular weight is 336 g/mol. The van der Waals surface area contributed by atoms with Crippen molar-refractivity contribution in [1.29, 1.82) is 0 Å². The molecule has 24 heavy (non-hydrogen) atoms. The maximum atomic E-state index is 14.0. The van der Waals surface area contributed by atoms with Crippen molar-refractivity contribution in [3.8, 4) is 11.5 Å². The minimum Gasteiger partial charge on any atom is -0.494 e. The second-order valence-electron chi connectivity index (χ2n) is 5.15. The number of halogens is 2. The van der Waals surface area contributed by atoms with Crippen molar-refractivity contribution in [1.82, 2.24) is 0 Å². The van der Waals surface area contributed by atoms with Gasteiger partial charge in [-0.25, -0.2) is 8.78 Å². The normalized spacial score (nSPS) is 10.5. The van der Waals surface area contributed by atoms with Crippen molar-refractivity contribution in [2.75, 3.05) is 6.61 Å². The molecule has 0 amide bonds. The third-order valence-corrected chi connectivity index (χ3v) is 3.28. The Balaban J connectivity index is 2.07. The van der Waals surface area contributed by atoms with E-state index >= 15 is 0 Å². The molecule has 0 aliphatic rings. The van der Waals surface area contributed by atoms with Crippen LogP contribution < -0.4 is 9.47 Å². The Morgan fingerprint density at radius 3 is 2.42 bits per heavy atom. The highest BCUT2D eigenvalue weighted by atomic mass is 19.1. The summed E-state index contributed by atoms with van der Waals surface area (Å²) in [6.45, 7) is 2.37. The lowest BCUT2D eigenvalue weighted by Crippen LogP contribution is -2.03. The second-order valence-corrected chi connectivity index (χ2v) is 5.15. The molecular formula is C18H18F2O4. The van der Waals surface area contributed by atoms with Gasteiger partial charge in [-0.2, -0.15) is 0 Å². The molecule has 0 aromatic heterocycles. The summed E-state index contributed by atoms with van der Waals surface area (Å²) in [5.41, 5.74) is 0.993. The molecule has 0 aliphatic carbocycles. The van der Waals surface area contributed by atoms with Crippen LogP contribution in [0.3, 0.4) is 0 Å². The van der Waals surface area contributed by atoms with Crippen molar-refractivity contribution in [2.24, 2.45) is 0 Å². The molecule has 0 unspecified atom stereocenters. The molecule has 0 fully saturated rings. The van der Waals surface area contributed by atoms with Gasteiger partial charge in [0.15, 0.2) is 17.4 Å². The van der Waals surface area contributed by atoms with Crippen LogP contribution in [-0.2, 0) is 17.8 Å². The van der Waals surface area contributed by atoms with Crippen LogP contribution in [0.15, 0.2) is 36.4 Å². The topological polar surface area (TPSA) is 55.8 Å². The molecule has 1 N–H and O–H groups in total. The van der Waals surface area contributed by atoms with Gasteiger partial charge in [0.05, 0.1) is 6.61 Å². The van der Waals surface area contributed by atoms with Crippen LogP contribution in [0, 0.1) is 11.6 Å². The zero-order chi connectivity index (χ0) is 17.5. The number of aryl methyl sites for hydroxylation is 1. The predicted molar refractivity (Wildman–Crippen MR) is 84.3 cm³/mol. The Morgan fingerprint density at radius 1 is 1.08 bits per heavy atom. The lowest BCUT2D eigenvalue weighted by molar-refractivity contribution is -0.136. The minimum atomic E-state index is -1.02. The van der Waals surface area contributed by atoms with E-state index in [0.29, 0.717) is 12.4 Å². The number of hydrogen-bond acceptors (Lipinski definition) is 3. The van der Waals surface area contributed by atoms with Crippen molar-refractivity contribution in [2.45, 2.75) is 26.4 Å². The SMILES string of the molecule is CCOc1cccc(COc2c(F)cc(CCC(=O)O)cc2F)c1. The summed E-state index contributed by atoms with van der Waals surface area (Å²) in [6, 6.07) is 9.24. The van der Waals surface area contributed by atoms with Crippen LogP contribution in [0.2, 0.25) is 0 Å². The number of hydrogen-bond donors (Lipinski definition) is 1. The summed E-state index contributed by atoms with van der Waals surface area (Å²) in [5.74, 6) is -2.54. The summed E-state index contributed by atoms with van der Waals surface area (Å²) in [7, 11) is 0. The van der Waals surface area contributed by atoms with E-state index in [9.17, 15) is 13.6 Å². The van der Waals surface area contributed by atoms with E-state index in [4.69, 9.17) is 14.6 Å². The van der Waals surface area contributed by atoms with Crippen molar-refractivity contribution >= 4 is 5.97 Å². The lowest BCUT2D eigenvalue weighted by atomic mass is 10.1. The zero-order valence-electron chi connectivity index (χ0n) is 13.2. The van der Waals surface area contributed by atoms with Crippen LogP contribution in [0.25, 0.3) is 0 Å². The summed E-state index contributed by atoms with van der Waals surface area (Å²) in [5, 5.41) is 8.62. The molecule has 0 heterocycles. The van der Waals surface area contributed by atoms with Crippen LogP contribution in [0.4, 0.5) is 8.78 Å². The Morgan fingerprint density at radius 2 is 1.79 bits per heavy atom. The highest BCUT2D eigenvalue weighted by molar-refractivity contribution is 5.67. The first-order valence-corrected chi connectivity index (χ1v) is 7.54.